The van der Waals surface area contributed by atoms with Gasteiger partial charge < -0.3 is 5.32 Å². The highest BCUT2D eigenvalue weighted by molar-refractivity contribution is 6.18. The van der Waals surface area contributed by atoms with Crippen LogP contribution in [0, 0.1) is 0 Å². The van der Waals surface area contributed by atoms with E-state index in [9.17, 15) is 4.79 Å². The molecule has 90 valence electrons. The monoisotopic (exact) mass is 243 g/mol. The number of aromatic amines is 1. The normalized spacial score (nSPS) is 11.5. The maximum Gasteiger partial charge on any atom is 0.225 e. The van der Waals surface area contributed by atoms with Crippen LogP contribution in [0.15, 0.2) is 6.07 Å². The number of hydrogen-bond acceptors (Lipinski definition) is 2. The summed E-state index contributed by atoms with van der Waals surface area (Å²) in [6.07, 6.45) is 1.12. The molecule has 0 aliphatic carbocycles. The molecule has 1 rings (SSSR count). The molecule has 0 saturated heterocycles. The maximum absolute atomic E-state index is 11.4. The number of nitrogens with one attached hydrogen (secondary N) is 2. The van der Waals surface area contributed by atoms with E-state index >= 15 is 0 Å². The number of anilines is 1. The van der Waals surface area contributed by atoms with Crippen molar-refractivity contribution in [1.82, 2.24) is 10.2 Å². The van der Waals surface area contributed by atoms with Crippen molar-refractivity contribution in [1.29, 1.82) is 0 Å². The van der Waals surface area contributed by atoms with Gasteiger partial charge in [0.1, 0.15) is 0 Å². The summed E-state index contributed by atoms with van der Waals surface area (Å²) in [6.45, 7) is 6.25. The molecule has 0 aromatic carbocycles. The molecule has 0 saturated carbocycles. The fourth-order valence-corrected chi connectivity index (χ4v) is 1.34. The van der Waals surface area contributed by atoms with Crippen LogP contribution in [0.2, 0.25) is 0 Å². The SMILES string of the molecule is CC(C)(C)c1cc(NC(=O)CCCCl)n[nH]1. The molecule has 4 nitrogen and oxygen atoms in total. The Kier molecular flexibility index (Phi) is 4.35. The fourth-order valence-electron chi connectivity index (χ4n) is 1.20. The Balaban J connectivity index is 2.56. The van der Waals surface area contributed by atoms with Crippen molar-refractivity contribution in [2.24, 2.45) is 0 Å². The smallest absolute Gasteiger partial charge is 0.225 e. The molecule has 0 aliphatic heterocycles. The van der Waals surface area contributed by atoms with Gasteiger partial charge in [-0.25, -0.2) is 0 Å². The standard InChI is InChI=1S/C11H18ClN3O/c1-11(2,3)8-7-9(15-14-8)13-10(16)5-4-6-12/h7H,4-6H2,1-3H3,(H2,13,14,15,16). The Bertz CT molecular complexity index is 354. The Morgan fingerprint density at radius 1 is 1.56 bits per heavy atom. The molecule has 0 unspecified atom stereocenters. The first-order valence-corrected chi connectivity index (χ1v) is 5.88. The molecule has 1 aromatic rings. The fraction of sp³-hybridized carbons (Fsp3) is 0.636. The van der Waals surface area contributed by atoms with Crippen molar-refractivity contribution in [3.8, 4) is 0 Å². The van der Waals surface area contributed by atoms with Crippen LogP contribution >= 0.6 is 11.6 Å². The number of halogens is 1. The van der Waals surface area contributed by atoms with E-state index in [-0.39, 0.29) is 11.3 Å². The van der Waals surface area contributed by atoms with E-state index in [1.807, 2.05) is 6.07 Å². The van der Waals surface area contributed by atoms with Crippen LogP contribution in [0.5, 0.6) is 0 Å². The van der Waals surface area contributed by atoms with Crippen molar-refractivity contribution in [3.63, 3.8) is 0 Å². The van der Waals surface area contributed by atoms with Gasteiger partial charge in [0.15, 0.2) is 5.82 Å². The van der Waals surface area contributed by atoms with E-state index in [1.54, 1.807) is 0 Å². The lowest BCUT2D eigenvalue weighted by Crippen LogP contribution is -2.12. The summed E-state index contributed by atoms with van der Waals surface area (Å²) >= 11 is 5.51. The third-order valence-corrected chi connectivity index (χ3v) is 2.46. The van der Waals surface area contributed by atoms with Crippen LogP contribution in [0.25, 0.3) is 0 Å². The number of aromatic nitrogens is 2. The predicted molar refractivity (Wildman–Crippen MR) is 65.9 cm³/mol. The van der Waals surface area contributed by atoms with Crippen molar-refractivity contribution >= 4 is 23.3 Å². The quantitative estimate of drug-likeness (QED) is 0.799. The summed E-state index contributed by atoms with van der Waals surface area (Å²) in [4.78, 5) is 11.4. The van der Waals surface area contributed by atoms with Gasteiger partial charge in [-0.15, -0.1) is 11.6 Å². The van der Waals surface area contributed by atoms with E-state index in [1.165, 1.54) is 0 Å². The topological polar surface area (TPSA) is 57.8 Å². The molecule has 0 fully saturated rings. The largest absolute Gasteiger partial charge is 0.309 e. The number of carbonyl (C=O) groups excluding carboxylic acids is 1. The lowest BCUT2D eigenvalue weighted by molar-refractivity contribution is -0.116. The highest BCUT2D eigenvalue weighted by atomic mass is 35.5. The zero-order chi connectivity index (χ0) is 12.2. The third kappa shape index (κ3) is 3.85. The van der Waals surface area contributed by atoms with Crippen LogP contribution in [0.3, 0.4) is 0 Å². The Morgan fingerprint density at radius 3 is 2.75 bits per heavy atom. The third-order valence-electron chi connectivity index (χ3n) is 2.19. The van der Waals surface area contributed by atoms with E-state index in [2.05, 4.69) is 36.3 Å². The summed E-state index contributed by atoms with van der Waals surface area (Å²) in [5, 5.41) is 9.69. The van der Waals surface area contributed by atoms with Gasteiger partial charge in [0, 0.05) is 29.5 Å². The number of carbonyl (C=O) groups is 1. The number of hydrogen-bond donors (Lipinski definition) is 2. The molecule has 0 bridgehead atoms. The zero-order valence-electron chi connectivity index (χ0n) is 9.93. The lowest BCUT2D eigenvalue weighted by Gasteiger charge is -2.14. The van der Waals surface area contributed by atoms with E-state index in [0.29, 0.717) is 24.5 Å². The highest BCUT2D eigenvalue weighted by Crippen LogP contribution is 2.21. The Morgan fingerprint density at radius 2 is 2.25 bits per heavy atom. The van der Waals surface area contributed by atoms with Gasteiger partial charge in [-0.2, -0.15) is 5.10 Å². The van der Waals surface area contributed by atoms with Gasteiger partial charge >= 0.3 is 0 Å². The van der Waals surface area contributed by atoms with Crippen LogP contribution in [-0.4, -0.2) is 22.0 Å². The van der Waals surface area contributed by atoms with Gasteiger partial charge in [0.05, 0.1) is 0 Å². The maximum atomic E-state index is 11.4. The van der Waals surface area contributed by atoms with Crippen molar-refractivity contribution in [2.45, 2.75) is 39.0 Å². The first-order chi connectivity index (χ1) is 7.43. The minimum Gasteiger partial charge on any atom is -0.309 e. The minimum atomic E-state index is -0.0485. The highest BCUT2D eigenvalue weighted by Gasteiger charge is 2.17. The second-order valence-corrected chi connectivity index (χ2v) is 5.14. The minimum absolute atomic E-state index is 0.00607. The van der Waals surface area contributed by atoms with Crippen molar-refractivity contribution in [2.75, 3.05) is 11.2 Å². The molecule has 0 atom stereocenters. The van der Waals surface area contributed by atoms with Gasteiger partial charge in [-0.3, -0.25) is 9.89 Å². The number of alkyl halides is 1. The van der Waals surface area contributed by atoms with Crippen LogP contribution in [0.1, 0.15) is 39.3 Å². The molecule has 0 spiro atoms. The molecule has 1 amide bonds. The molecular weight excluding hydrogens is 226 g/mol. The number of H-pyrrole nitrogens is 1. The van der Waals surface area contributed by atoms with Crippen LogP contribution in [0.4, 0.5) is 5.82 Å². The van der Waals surface area contributed by atoms with Crippen LogP contribution < -0.4 is 5.32 Å². The van der Waals surface area contributed by atoms with Gasteiger partial charge in [-0.05, 0) is 6.42 Å². The zero-order valence-corrected chi connectivity index (χ0v) is 10.7. The average Bonchev–Trinajstić information content (AvgIpc) is 2.62. The first-order valence-electron chi connectivity index (χ1n) is 5.35. The van der Waals surface area contributed by atoms with Crippen molar-refractivity contribution in [3.05, 3.63) is 11.8 Å². The molecule has 2 N–H and O–H groups in total. The van der Waals surface area contributed by atoms with Gasteiger partial charge in [0.2, 0.25) is 5.91 Å². The first kappa shape index (κ1) is 13.0. The van der Waals surface area contributed by atoms with Gasteiger partial charge in [-0.1, -0.05) is 20.8 Å². The van der Waals surface area contributed by atoms with Crippen LogP contribution in [-0.2, 0) is 10.2 Å². The Hall–Kier alpha value is -1.03. The van der Waals surface area contributed by atoms with Gasteiger partial charge in [0.25, 0.3) is 0 Å². The molecule has 1 heterocycles. The van der Waals surface area contributed by atoms with E-state index < -0.39 is 0 Å². The molecule has 16 heavy (non-hydrogen) atoms. The lowest BCUT2D eigenvalue weighted by atomic mass is 9.92. The van der Waals surface area contributed by atoms with E-state index in [0.717, 1.165) is 5.69 Å². The Labute approximate surface area is 101 Å². The molecule has 0 radical (unpaired) electrons. The molecule has 1 aromatic heterocycles. The number of nitrogens with zero attached hydrogens (tertiary/aromatic N) is 1. The summed E-state index contributed by atoms with van der Waals surface area (Å²) in [5.41, 5.74) is 1.01. The summed E-state index contributed by atoms with van der Waals surface area (Å²) in [5.74, 6) is 1.03. The predicted octanol–water partition coefficient (Wildman–Crippen LogP) is 2.66. The summed E-state index contributed by atoms with van der Waals surface area (Å²) < 4.78 is 0. The molecule has 5 heteroatoms. The van der Waals surface area contributed by atoms with Crippen molar-refractivity contribution < 1.29 is 4.79 Å². The van der Waals surface area contributed by atoms with E-state index in [4.69, 9.17) is 11.6 Å². The second-order valence-electron chi connectivity index (χ2n) is 4.76. The molecular formula is C11H18ClN3O. The number of amides is 1. The second kappa shape index (κ2) is 5.34. The number of rotatable bonds is 4. The molecule has 0 aliphatic rings. The summed E-state index contributed by atoms with van der Waals surface area (Å²) in [7, 11) is 0. The summed E-state index contributed by atoms with van der Waals surface area (Å²) in [6, 6.07) is 1.86. The average molecular weight is 244 g/mol.